The van der Waals surface area contributed by atoms with E-state index in [1.165, 1.54) is 19.1 Å². The van der Waals surface area contributed by atoms with Crippen molar-refractivity contribution in [1.29, 1.82) is 0 Å². The number of esters is 1. The maximum atomic E-state index is 14.3. The zero-order valence-electron chi connectivity index (χ0n) is 20.3. The quantitative estimate of drug-likeness (QED) is 0.359. The summed E-state index contributed by atoms with van der Waals surface area (Å²) in [6, 6.07) is 20.9. The van der Waals surface area contributed by atoms with E-state index in [-0.39, 0.29) is 16.1 Å². The van der Waals surface area contributed by atoms with Gasteiger partial charge in [-0.05, 0) is 37.6 Å². The molecule has 3 atom stereocenters. The van der Waals surface area contributed by atoms with Crippen LogP contribution >= 0.6 is 0 Å². The first-order valence-electron chi connectivity index (χ1n) is 11.6. The van der Waals surface area contributed by atoms with Gasteiger partial charge < -0.3 is 4.74 Å². The second kappa shape index (κ2) is 8.06. The highest BCUT2D eigenvalue weighted by molar-refractivity contribution is 7.93. The van der Waals surface area contributed by atoms with Crippen LogP contribution in [0.3, 0.4) is 0 Å². The van der Waals surface area contributed by atoms with E-state index in [1.807, 2.05) is 6.92 Å². The molecule has 0 unspecified atom stereocenters. The van der Waals surface area contributed by atoms with Gasteiger partial charge in [-0.2, -0.15) is 13.2 Å². The van der Waals surface area contributed by atoms with Gasteiger partial charge in [0, 0.05) is 5.56 Å². The van der Waals surface area contributed by atoms with Crippen molar-refractivity contribution in [3.8, 4) is 0 Å². The first-order chi connectivity index (χ1) is 17.3. The van der Waals surface area contributed by atoms with Gasteiger partial charge in [0.05, 0.1) is 24.1 Å². The summed E-state index contributed by atoms with van der Waals surface area (Å²) in [5, 5.41) is 3.13. The van der Waals surface area contributed by atoms with Crippen LogP contribution in [-0.4, -0.2) is 27.7 Å². The Morgan fingerprint density at radius 1 is 0.973 bits per heavy atom. The standard InChI is InChI=1S/C27H25F3N2O4S/c1-18-13-15-20(16-14-18)37(34,35)32-22-12-8-7-11-21(22)26(24(2,23(33)36-3)17-25(28,29)30)27(32,31-26)19-9-5-4-6-10-19/h4-16,31H,17H2,1-3H3/t24-,26-,27-/m1/s1. The number of carbonyl (C=O) groups is 1. The van der Waals surface area contributed by atoms with Crippen LogP contribution in [0.25, 0.3) is 0 Å². The Bertz CT molecular complexity index is 1480. The molecule has 10 heteroatoms. The van der Waals surface area contributed by atoms with E-state index < -0.39 is 45.2 Å². The zero-order valence-corrected chi connectivity index (χ0v) is 21.2. The highest BCUT2D eigenvalue weighted by atomic mass is 32.2. The summed E-state index contributed by atoms with van der Waals surface area (Å²) in [6.07, 6.45) is -6.27. The molecule has 0 amide bonds. The number of fused-ring (bicyclic) bond motifs is 3. The fraction of sp³-hybridized carbons (Fsp3) is 0.296. The van der Waals surface area contributed by atoms with Gasteiger partial charge in [0.2, 0.25) is 0 Å². The molecule has 0 aliphatic carbocycles. The number of nitrogens with one attached hydrogen (secondary N) is 1. The number of ether oxygens (including phenoxy) is 1. The third-order valence-electron chi connectivity index (χ3n) is 7.45. The van der Waals surface area contributed by atoms with E-state index in [1.54, 1.807) is 66.7 Å². The van der Waals surface area contributed by atoms with Crippen LogP contribution < -0.4 is 9.62 Å². The first-order valence-corrected chi connectivity index (χ1v) is 13.0. The Hall–Kier alpha value is -3.37. The lowest BCUT2D eigenvalue weighted by Crippen LogP contribution is -2.50. The lowest BCUT2D eigenvalue weighted by molar-refractivity contribution is -0.184. The number of rotatable bonds is 6. The molecule has 5 rings (SSSR count). The second-order valence-corrected chi connectivity index (χ2v) is 11.5. The Morgan fingerprint density at radius 3 is 2.16 bits per heavy atom. The maximum absolute atomic E-state index is 14.3. The largest absolute Gasteiger partial charge is 0.469 e. The fourth-order valence-corrected chi connectivity index (χ4v) is 7.64. The molecule has 0 aromatic heterocycles. The summed E-state index contributed by atoms with van der Waals surface area (Å²) in [5.41, 5.74) is -3.98. The molecule has 1 N–H and O–H groups in total. The predicted octanol–water partition coefficient (Wildman–Crippen LogP) is 4.99. The monoisotopic (exact) mass is 530 g/mol. The average molecular weight is 531 g/mol. The normalized spacial score (nSPS) is 24.1. The minimum atomic E-state index is -4.75. The van der Waals surface area contributed by atoms with E-state index in [4.69, 9.17) is 4.74 Å². The van der Waals surface area contributed by atoms with Gasteiger partial charge in [-0.1, -0.05) is 66.2 Å². The molecule has 2 aliphatic heterocycles. The van der Waals surface area contributed by atoms with Crippen molar-refractivity contribution in [2.75, 3.05) is 11.4 Å². The van der Waals surface area contributed by atoms with Crippen LogP contribution in [-0.2, 0) is 30.8 Å². The van der Waals surface area contributed by atoms with Crippen molar-refractivity contribution in [3.63, 3.8) is 0 Å². The Morgan fingerprint density at radius 2 is 1.57 bits per heavy atom. The summed E-state index contributed by atoms with van der Waals surface area (Å²) in [4.78, 5) is 13.2. The summed E-state index contributed by atoms with van der Waals surface area (Å²) >= 11 is 0. The number of anilines is 1. The predicted molar refractivity (Wildman–Crippen MR) is 131 cm³/mol. The molecule has 0 radical (unpaired) electrons. The third-order valence-corrected chi connectivity index (χ3v) is 9.27. The molecule has 0 spiro atoms. The lowest BCUT2D eigenvalue weighted by atomic mass is 9.67. The molecule has 0 bridgehead atoms. The van der Waals surface area contributed by atoms with Crippen LogP contribution in [0.1, 0.15) is 30.0 Å². The molecular weight excluding hydrogens is 505 g/mol. The summed E-state index contributed by atoms with van der Waals surface area (Å²) in [7, 11) is -3.29. The van der Waals surface area contributed by atoms with Gasteiger partial charge >= 0.3 is 12.1 Å². The third kappa shape index (κ3) is 3.35. The van der Waals surface area contributed by atoms with Crippen LogP contribution in [0.15, 0.2) is 83.8 Å². The van der Waals surface area contributed by atoms with Gasteiger partial charge in [-0.3, -0.25) is 10.1 Å². The molecule has 1 saturated heterocycles. The first kappa shape index (κ1) is 25.3. The molecule has 2 heterocycles. The highest BCUT2D eigenvalue weighted by Gasteiger charge is 2.87. The molecule has 194 valence electrons. The van der Waals surface area contributed by atoms with E-state index in [0.717, 1.165) is 17.0 Å². The number of hydrogen-bond acceptors (Lipinski definition) is 5. The van der Waals surface area contributed by atoms with Gasteiger partial charge in [-0.15, -0.1) is 0 Å². The molecule has 3 aromatic rings. The molecule has 0 saturated carbocycles. The van der Waals surface area contributed by atoms with Gasteiger partial charge in [0.15, 0.2) is 5.66 Å². The zero-order chi connectivity index (χ0) is 26.9. The number of methoxy groups -OCH3 is 1. The molecular formula is C27H25F3N2O4S. The average Bonchev–Trinajstić information content (AvgIpc) is 3.48. The van der Waals surface area contributed by atoms with Crippen LogP contribution in [0, 0.1) is 12.3 Å². The number of alkyl halides is 3. The van der Waals surface area contributed by atoms with Gasteiger partial charge in [0.25, 0.3) is 10.0 Å². The van der Waals surface area contributed by atoms with Crippen LogP contribution in [0.2, 0.25) is 0 Å². The summed E-state index contributed by atoms with van der Waals surface area (Å²) in [6.45, 7) is 3.00. The topological polar surface area (TPSA) is 85.6 Å². The van der Waals surface area contributed by atoms with Gasteiger partial charge in [-0.25, -0.2) is 12.7 Å². The SMILES string of the molecule is COC(=O)[C@@](C)(CC(F)(F)F)[C@@]12N[C@]1(c1ccccc1)N(S(=O)(=O)c1ccc(C)cc1)c1ccccc12. The second-order valence-electron chi connectivity index (χ2n) is 9.67. The number of sulfonamides is 1. The Kier molecular flexibility index (Phi) is 5.51. The molecule has 3 aromatic carbocycles. The number of halogens is 3. The minimum Gasteiger partial charge on any atom is -0.469 e. The van der Waals surface area contributed by atoms with Crippen molar-refractivity contribution >= 4 is 21.7 Å². The van der Waals surface area contributed by atoms with Gasteiger partial charge in [0.1, 0.15) is 11.0 Å². The molecule has 2 aliphatic rings. The summed E-state index contributed by atoms with van der Waals surface area (Å²) in [5.74, 6) is -1.10. The number of hydrogen-bond donors (Lipinski definition) is 1. The number of para-hydroxylation sites is 1. The van der Waals surface area contributed by atoms with Crippen molar-refractivity contribution in [1.82, 2.24) is 5.32 Å². The van der Waals surface area contributed by atoms with Crippen molar-refractivity contribution in [3.05, 3.63) is 95.6 Å². The lowest BCUT2D eigenvalue weighted by Gasteiger charge is -2.36. The Labute approximate surface area is 213 Å². The van der Waals surface area contributed by atoms with Crippen molar-refractivity contribution in [2.24, 2.45) is 5.41 Å². The van der Waals surface area contributed by atoms with E-state index in [9.17, 15) is 26.4 Å². The molecule has 6 nitrogen and oxygen atoms in total. The van der Waals surface area contributed by atoms with Crippen LogP contribution in [0.4, 0.5) is 18.9 Å². The van der Waals surface area contributed by atoms with E-state index in [2.05, 4.69) is 5.32 Å². The number of benzene rings is 3. The number of carbonyl (C=O) groups excluding carboxylic acids is 1. The van der Waals surface area contributed by atoms with E-state index in [0.29, 0.717) is 5.56 Å². The van der Waals surface area contributed by atoms with E-state index >= 15 is 0 Å². The minimum absolute atomic E-state index is 0.0247. The number of aryl methyl sites for hydroxylation is 1. The number of nitrogens with zero attached hydrogens (tertiary/aromatic N) is 1. The smallest absolute Gasteiger partial charge is 0.390 e. The molecule has 1 fully saturated rings. The molecule has 37 heavy (non-hydrogen) atoms. The maximum Gasteiger partial charge on any atom is 0.390 e. The van der Waals surface area contributed by atoms with Crippen LogP contribution in [0.5, 0.6) is 0 Å². The Balaban J connectivity index is 1.86. The summed E-state index contributed by atoms with van der Waals surface area (Å²) < 4.78 is 76.8. The van der Waals surface area contributed by atoms with Crippen molar-refractivity contribution in [2.45, 2.75) is 42.5 Å². The highest BCUT2D eigenvalue weighted by Crippen LogP contribution is 2.73. The van der Waals surface area contributed by atoms with Crippen molar-refractivity contribution < 1.29 is 31.1 Å². The fourth-order valence-electron chi connectivity index (χ4n) is 5.88.